The van der Waals surface area contributed by atoms with E-state index >= 15 is 0 Å². The minimum absolute atomic E-state index is 0.0544. The number of rotatable bonds is 6. The third kappa shape index (κ3) is 6.00. The number of carbonyl (C=O) groups excluding carboxylic acids is 2. The van der Waals surface area contributed by atoms with E-state index in [9.17, 15) is 14.0 Å². The predicted octanol–water partition coefficient (Wildman–Crippen LogP) is 2.37. The molecular weight excluding hydrogens is 317 g/mol. The van der Waals surface area contributed by atoms with Crippen LogP contribution >= 0.6 is 0 Å². The van der Waals surface area contributed by atoms with E-state index in [2.05, 4.69) is 4.74 Å². The molecule has 24 heavy (non-hydrogen) atoms. The fourth-order valence-corrected chi connectivity index (χ4v) is 1.68. The lowest BCUT2D eigenvalue weighted by Crippen LogP contribution is -2.40. The number of ether oxygens (including phenoxy) is 3. The Kier molecular flexibility index (Phi) is 6.91. The normalized spacial score (nSPS) is 13.2. The number of esters is 2. The molecule has 0 radical (unpaired) electrons. The van der Waals surface area contributed by atoms with E-state index in [1.165, 1.54) is 31.4 Å². The zero-order chi connectivity index (χ0) is 18.3. The monoisotopic (exact) mass is 339 g/mol. The molecule has 1 unspecified atom stereocenters. The van der Waals surface area contributed by atoms with Crippen LogP contribution in [0.5, 0.6) is 5.75 Å². The maximum absolute atomic E-state index is 13.0. The van der Waals surface area contributed by atoms with Gasteiger partial charge in [-0.25, -0.2) is 14.0 Å². The summed E-state index contributed by atoms with van der Waals surface area (Å²) in [7, 11) is 1.28. The molecule has 0 aromatic heterocycles. The molecule has 0 bridgehead atoms. The third-order valence-corrected chi connectivity index (χ3v) is 2.88. The van der Waals surface area contributed by atoms with Crippen molar-refractivity contribution in [2.75, 3.05) is 13.7 Å². The Labute approximate surface area is 140 Å². The van der Waals surface area contributed by atoms with Gasteiger partial charge in [0.25, 0.3) is 0 Å². The fraction of sp³-hybridized carbons (Fsp3) is 0.412. The van der Waals surface area contributed by atoms with Crippen LogP contribution in [0.15, 0.2) is 36.2 Å². The summed E-state index contributed by atoms with van der Waals surface area (Å²) in [5, 5.41) is 0. The number of halogens is 1. The van der Waals surface area contributed by atoms with Crippen molar-refractivity contribution in [1.29, 1.82) is 0 Å². The van der Waals surface area contributed by atoms with E-state index in [-0.39, 0.29) is 18.5 Å². The Hall–Kier alpha value is -2.41. The Morgan fingerprint density at radius 3 is 2.29 bits per heavy atom. The molecule has 0 fully saturated rings. The minimum Gasteiger partial charge on any atom is -0.489 e. The SMILES string of the molecule is COC(=O)c1ccc(OC/C(=C\F)C(N)C(=O)OC(C)(C)C)cc1. The van der Waals surface area contributed by atoms with E-state index in [4.69, 9.17) is 15.2 Å². The number of carbonyl (C=O) groups is 2. The molecule has 6 nitrogen and oxygen atoms in total. The Bertz CT molecular complexity index is 604. The van der Waals surface area contributed by atoms with Crippen LogP contribution in [0.2, 0.25) is 0 Å². The standard InChI is InChI=1S/C17H22FNO5/c1-17(2,3)24-16(21)14(19)12(9-18)10-23-13-7-5-11(6-8-13)15(20)22-4/h5-9,14H,10,19H2,1-4H3/b12-9+. The summed E-state index contributed by atoms with van der Waals surface area (Å²) in [5.41, 5.74) is 5.28. The van der Waals surface area contributed by atoms with E-state index < -0.39 is 23.6 Å². The van der Waals surface area contributed by atoms with Crippen LogP contribution in [-0.2, 0) is 14.3 Å². The molecule has 0 aliphatic carbocycles. The summed E-state index contributed by atoms with van der Waals surface area (Å²) < 4.78 is 28.1. The minimum atomic E-state index is -1.26. The second-order valence-electron chi connectivity index (χ2n) is 6.00. The van der Waals surface area contributed by atoms with Crippen molar-refractivity contribution in [3.63, 3.8) is 0 Å². The lowest BCUT2D eigenvalue weighted by Gasteiger charge is -2.23. The molecular formula is C17H22FNO5. The quantitative estimate of drug-likeness (QED) is 0.801. The van der Waals surface area contributed by atoms with Gasteiger partial charge in [-0.1, -0.05) is 0 Å². The van der Waals surface area contributed by atoms with Gasteiger partial charge >= 0.3 is 11.9 Å². The van der Waals surface area contributed by atoms with Crippen LogP contribution in [0.3, 0.4) is 0 Å². The van der Waals surface area contributed by atoms with Crippen molar-refractivity contribution in [2.24, 2.45) is 5.73 Å². The number of methoxy groups -OCH3 is 1. The topological polar surface area (TPSA) is 87.9 Å². The Morgan fingerprint density at radius 2 is 1.83 bits per heavy atom. The van der Waals surface area contributed by atoms with Gasteiger partial charge in [0.15, 0.2) is 0 Å². The largest absolute Gasteiger partial charge is 0.489 e. The van der Waals surface area contributed by atoms with Crippen molar-refractivity contribution in [3.8, 4) is 5.75 Å². The van der Waals surface area contributed by atoms with Gasteiger partial charge in [0.05, 0.1) is 19.0 Å². The average molecular weight is 339 g/mol. The van der Waals surface area contributed by atoms with Gasteiger partial charge in [0, 0.05) is 5.57 Å². The van der Waals surface area contributed by atoms with Gasteiger partial charge in [-0.15, -0.1) is 0 Å². The summed E-state index contributed by atoms with van der Waals surface area (Å²) in [6.07, 6.45) is 0.234. The van der Waals surface area contributed by atoms with Gasteiger partial charge in [-0.2, -0.15) is 0 Å². The van der Waals surface area contributed by atoms with E-state index in [0.717, 1.165) is 0 Å². The van der Waals surface area contributed by atoms with E-state index in [0.29, 0.717) is 11.3 Å². The summed E-state index contributed by atoms with van der Waals surface area (Å²) in [6.45, 7) is 4.84. The van der Waals surface area contributed by atoms with Crippen LogP contribution in [0.4, 0.5) is 4.39 Å². The maximum atomic E-state index is 13.0. The molecule has 132 valence electrons. The van der Waals surface area contributed by atoms with Crippen LogP contribution in [-0.4, -0.2) is 37.3 Å². The number of hydrogen-bond donors (Lipinski definition) is 1. The van der Waals surface area contributed by atoms with Crippen LogP contribution in [0.25, 0.3) is 0 Å². The highest BCUT2D eigenvalue weighted by atomic mass is 19.1. The van der Waals surface area contributed by atoms with Crippen molar-refractivity contribution in [2.45, 2.75) is 32.4 Å². The summed E-state index contributed by atoms with van der Waals surface area (Å²) in [6, 6.07) is 4.81. The maximum Gasteiger partial charge on any atom is 0.337 e. The molecule has 0 aliphatic rings. The van der Waals surface area contributed by atoms with Crippen LogP contribution < -0.4 is 10.5 Å². The Morgan fingerprint density at radius 1 is 1.25 bits per heavy atom. The average Bonchev–Trinajstić information content (AvgIpc) is 2.53. The molecule has 7 heteroatoms. The molecule has 1 aromatic rings. The second-order valence-corrected chi connectivity index (χ2v) is 6.00. The van der Waals surface area contributed by atoms with Gasteiger partial charge in [0.2, 0.25) is 0 Å². The number of benzene rings is 1. The zero-order valence-electron chi connectivity index (χ0n) is 14.2. The second kappa shape index (κ2) is 8.44. The summed E-state index contributed by atoms with van der Waals surface area (Å²) >= 11 is 0. The van der Waals surface area contributed by atoms with Gasteiger partial charge in [-0.3, -0.25) is 0 Å². The van der Waals surface area contributed by atoms with Crippen molar-refractivity contribution >= 4 is 11.9 Å². The lowest BCUT2D eigenvalue weighted by atomic mass is 10.1. The van der Waals surface area contributed by atoms with Gasteiger partial charge in [-0.05, 0) is 45.0 Å². The van der Waals surface area contributed by atoms with E-state index in [1.807, 2.05) is 0 Å². The molecule has 2 N–H and O–H groups in total. The highest BCUT2D eigenvalue weighted by Gasteiger charge is 2.25. The van der Waals surface area contributed by atoms with Gasteiger partial charge < -0.3 is 19.9 Å². The highest BCUT2D eigenvalue weighted by molar-refractivity contribution is 5.89. The molecule has 0 amide bonds. The Balaban J connectivity index is 2.66. The first-order chi connectivity index (χ1) is 11.2. The predicted molar refractivity (Wildman–Crippen MR) is 86.3 cm³/mol. The van der Waals surface area contributed by atoms with Crippen LogP contribution in [0.1, 0.15) is 31.1 Å². The first-order valence-electron chi connectivity index (χ1n) is 7.26. The fourth-order valence-electron chi connectivity index (χ4n) is 1.68. The zero-order valence-corrected chi connectivity index (χ0v) is 14.2. The lowest BCUT2D eigenvalue weighted by molar-refractivity contribution is -0.155. The van der Waals surface area contributed by atoms with E-state index in [1.54, 1.807) is 20.8 Å². The summed E-state index contributed by atoms with van der Waals surface area (Å²) in [4.78, 5) is 23.2. The molecule has 0 saturated carbocycles. The van der Waals surface area contributed by atoms with Crippen molar-refractivity contribution in [1.82, 2.24) is 0 Å². The van der Waals surface area contributed by atoms with Crippen molar-refractivity contribution < 1.29 is 28.2 Å². The molecule has 0 saturated heterocycles. The van der Waals surface area contributed by atoms with Crippen LogP contribution in [0, 0.1) is 0 Å². The molecule has 0 heterocycles. The number of nitrogens with two attached hydrogens (primary N) is 1. The first kappa shape index (κ1) is 19.6. The highest BCUT2D eigenvalue weighted by Crippen LogP contribution is 2.16. The third-order valence-electron chi connectivity index (χ3n) is 2.88. The summed E-state index contributed by atoms with van der Waals surface area (Å²) in [5.74, 6) is -0.827. The molecule has 1 rings (SSSR count). The van der Waals surface area contributed by atoms with Crippen molar-refractivity contribution in [3.05, 3.63) is 41.7 Å². The first-order valence-corrected chi connectivity index (χ1v) is 7.26. The molecule has 0 spiro atoms. The van der Waals surface area contributed by atoms with Gasteiger partial charge in [0.1, 0.15) is 24.0 Å². The number of hydrogen-bond acceptors (Lipinski definition) is 6. The smallest absolute Gasteiger partial charge is 0.337 e. The molecule has 1 atom stereocenters. The molecule has 1 aromatic carbocycles. The molecule has 0 aliphatic heterocycles.